The number of carbonyl (C=O) groups excluding carboxylic acids is 1. The molecule has 0 heterocycles. The molecule has 1 rings (SSSR count). The summed E-state index contributed by atoms with van der Waals surface area (Å²) in [7, 11) is 0. The van der Waals surface area contributed by atoms with Gasteiger partial charge in [-0.1, -0.05) is 6.92 Å². The molecule has 0 aromatic heterocycles. The Kier molecular flexibility index (Phi) is 4.25. The van der Waals surface area contributed by atoms with E-state index in [1.165, 1.54) is 12.8 Å². The van der Waals surface area contributed by atoms with Crippen LogP contribution in [0.2, 0.25) is 0 Å². The molecule has 0 spiro atoms. The molecule has 1 aliphatic carbocycles. The summed E-state index contributed by atoms with van der Waals surface area (Å²) in [5.74, 6) is -1.17. The van der Waals surface area contributed by atoms with Gasteiger partial charge in [0, 0.05) is 19.1 Å². The molecule has 1 aliphatic rings. The van der Waals surface area contributed by atoms with Gasteiger partial charge in [-0.05, 0) is 19.4 Å². The third kappa shape index (κ3) is 3.57. The summed E-state index contributed by atoms with van der Waals surface area (Å²) < 4.78 is 23.6. The highest BCUT2D eigenvalue weighted by atomic mass is 19.3. The van der Waals surface area contributed by atoms with Gasteiger partial charge >= 0.3 is 6.43 Å². The predicted molar refractivity (Wildman–Crippen MR) is 49.3 cm³/mol. The number of rotatable bonds is 6. The minimum atomic E-state index is -2.90. The zero-order valence-electron chi connectivity index (χ0n) is 8.30. The second kappa shape index (κ2) is 5.24. The minimum Gasteiger partial charge on any atom is -0.350 e. The first-order chi connectivity index (χ1) is 6.65. The quantitative estimate of drug-likeness (QED) is 0.698. The monoisotopic (exact) mass is 206 g/mol. The highest BCUT2D eigenvalue weighted by Gasteiger charge is 2.27. The van der Waals surface area contributed by atoms with Gasteiger partial charge in [0.1, 0.15) is 0 Å². The van der Waals surface area contributed by atoms with E-state index >= 15 is 0 Å². The lowest BCUT2D eigenvalue weighted by molar-refractivity contribution is -0.131. The summed E-state index contributed by atoms with van der Waals surface area (Å²) in [6.07, 6.45) is -0.515. The Labute approximate surface area is 82.5 Å². The lowest BCUT2D eigenvalue weighted by Gasteiger charge is -2.19. The second-order valence-corrected chi connectivity index (χ2v) is 3.45. The topological polar surface area (TPSA) is 32.3 Å². The maximum Gasteiger partial charge on any atom is 0.315 e. The Balaban J connectivity index is 2.09. The third-order valence-corrected chi connectivity index (χ3v) is 2.37. The van der Waals surface area contributed by atoms with Crippen LogP contribution in [-0.4, -0.2) is 42.9 Å². The van der Waals surface area contributed by atoms with Crippen molar-refractivity contribution in [3.8, 4) is 0 Å². The average molecular weight is 206 g/mol. The van der Waals surface area contributed by atoms with E-state index in [1.807, 2.05) is 6.92 Å². The molecule has 0 radical (unpaired) electrons. The molecule has 0 aromatic rings. The average Bonchev–Trinajstić information content (AvgIpc) is 2.95. The van der Waals surface area contributed by atoms with Crippen molar-refractivity contribution in [1.29, 1.82) is 0 Å². The molecule has 0 aliphatic heterocycles. The number of nitrogens with zero attached hydrogens (tertiary/aromatic N) is 1. The van der Waals surface area contributed by atoms with E-state index in [1.54, 1.807) is 0 Å². The lowest BCUT2D eigenvalue weighted by atomic mass is 10.4. The van der Waals surface area contributed by atoms with E-state index < -0.39 is 12.3 Å². The molecule has 14 heavy (non-hydrogen) atoms. The third-order valence-electron chi connectivity index (χ3n) is 2.37. The molecule has 1 N–H and O–H groups in total. The van der Waals surface area contributed by atoms with E-state index in [4.69, 9.17) is 0 Å². The molecular weight excluding hydrogens is 190 g/mol. The van der Waals surface area contributed by atoms with E-state index in [0.29, 0.717) is 19.1 Å². The van der Waals surface area contributed by atoms with Crippen molar-refractivity contribution in [2.24, 2.45) is 0 Å². The normalized spacial score (nSPS) is 16.4. The van der Waals surface area contributed by atoms with Crippen LogP contribution in [-0.2, 0) is 4.79 Å². The van der Waals surface area contributed by atoms with Crippen LogP contribution in [0.15, 0.2) is 0 Å². The number of alkyl halides is 2. The first-order valence-corrected chi connectivity index (χ1v) is 4.95. The van der Waals surface area contributed by atoms with Crippen molar-refractivity contribution >= 4 is 5.91 Å². The summed E-state index contributed by atoms with van der Waals surface area (Å²) in [6.45, 7) is 3.93. The van der Waals surface area contributed by atoms with Gasteiger partial charge in [0.05, 0.1) is 0 Å². The van der Waals surface area contributed by atoms with Crippen LogP contribution < -0.4 is 5.32 Å². The molecule has 1 fully saturated rings. The Morgan fingerprint density at radius 3 is 2.64 bits per heavy atom. The van der Waals surface area contributed by atoms with Crippen LogP contribution in [0.4, 0.5) is 8.78 Å². The maximum absolute atomic E-state index is 11.8. The zero-order valence-corrected chi connectivity index (χ0v) is 8.30. The Morgan fingerprint density at radius 2 is 2.21 bits per heavy atom. The molecule has 0 atom stereocenters. The maximum atomic E-state index is 11.8. The van der Waals surface area contributed by atoms with Gasteiger partial charge in [-0.25, -0.2) is 0 Å². The van der Waals surface area contributed by atoms with Gasteiger partial charge in [0.25, 0.3) is 5.91 Å². The second-order valence-electron chi connectivity index (χ2n) is 3.45. The number of hydrogen-bond donors (Lipinski definition) is 1. The molecule has 5 heteroatoms. The van der Waals surface area contributed by atoms with Gasteiger partial charge < -0.3 is 5.32 Å². The smallest absolute Gasteiger partial charge is 0.315 e. The summed E-state index contributed by atoms with van der Waals surface area (Å²) in [6, 6.07) is 0.614. The molecule has 0 bridgehead atoms. The van der Waals surface area contributed by atoms with Gasteiger partial charge in [-0.3, -0.25) is 9.69 Å². The molecule has 0 saturated heterocycles. The molecule has 3 nitrogen and oxygen atoms in total. The number of carbonyl (C=O) groups is 1. The fourth-order valence-electron chi connectivity index (χ4n) is 1.44. The highest BCUT2D eigenvalue weighted by molar-refractivity contribution is 5.78. The van der Waals surface area contributed by atoms with Gasteiger partial charge in [0.2, 0.25) is 0 Å². The number of halogens is 2. The predicted octanol–water partition coefficient (Wildman–Crippen LogP) is 0.852. The van der Waals surface area contributed by atoms with Gasteiger partial charge in [-0.15, -0.1) is 0 Å². The molecule has 0 unspecified atom stereocenters. The Morgan fingerprint density at radius 1 is 1.57 bits per heavy atom. The first-order valence-electron chi connectivity index (χ1n) is 4.95. The van der Waals surface area contributed by atoms with Gasteiger partial charge in [0.15, 0.2) is 0 Å². The van der Waals surface area contributed by atoms with Crippen molar-refractivity contribution in [2.45, 2.75) is 32.2 Å². The number of amides is 1. The standard InChI is InChI=1S/C9H16F2N2O/c1-2-13(7-3-4-7)6-5-12-9(14)8(10)11/h7-8H,2-6H2,1H3,(H,12,14). The summed E-state index contributed by atoms with van der Waals surface area (Å²) in [5.41, 5.74) is 0. The SMILES string of the molecule is CCN(CCNC(=O)C(F)F)C1CC1. The van der Waals surface area contributed by atoms with E-state index in [2.05, 4.69) is 10.2 Å². The molecule has 1 amide bonds. The first kappa shape index (κ1) is 11.4. The number of likely N-dealkylation sites (N-methyl/N-ethyl adjacent to an activating group) is 1. The van der Waals surface area contributed by atoms with Crippen LogP contribution >= 0.6 is 0 Å². The minimum absolute atomic E-state index is 0.313. The van der Waals surface area contributed by atoms with Crippen LogP contribution in [0.25, 0.3) is 0 Å². The largest absolute Gasteiger partial charge is 0.350 e. The van der Waals surface area contributed by atoms with E-state index in [-0.39, 0.29) is 0 Å². The molecule has 82 valence electrons. The van der Waals surface area contributed by atoms with E-state index in [9.17, 15) is 13.6 Å². The van der Waals surface area contributed by atoms with Crippen molar-refractivity contribution in [1.82, 2.24) is 10.2 Å². The van der Waals surface area contributed by atoms with Crippen LogP contribution in [0.3, 0.4) is 0 Å². The fraction of sp³-hybridized carbons (Fsp3) is 0.889. The summed E-state index contributed by atoms with van der Waals surface area (Å²) in [4.78, 5) is 12.7. The van der Waals surface area contributed by atoms with Gasteiger partial charge in [-0.2, -0.15) is 8.78 Å². The van der Waals surface area contributed by atoms with Crippen LogP contribution in [0, 0.1) is 0 Å². The molecular formula is C9H16F2N2O. The Hall–Kier alpha value is -0.710. The van der Waals surface area contributed by atoms with Crippen LogP contribution in [0.5, 0.6) is 0 Å². The van der Waals surface area contributed by atoms with Crippen molar-refractivity contribution in [2.75, 3.05) is 19.6 Å². The van der Waals surface area contributed by atoms with Crippen molar-refractivity contribution in [3.63, 3.8) is 0 Å². The van der Waals surface area contributed by atoms with E-state index in [0.717, 1.165) is 6.54 Å². The van der Waals surface area contributed by atoms with Crippen molar-refractivity contribution < 1.29 is 13.6 Å². The zero-order chi connectivity index (χ0) is 10.6. The fourth-order valence-corrected chi connectivity index (χ4v) is 1.44. The van der Waals surface area contributed by atoms with Crippen LogP contribution in [0.1, 0.15) is 19.8 Å². The summed E-state index contributed by atoms with van der Waals surface area (Å²) in [5, 5.41) is 2.20. The van der Waals surface area contributed by atoms with Crippen molar-refractivity contribution in [3.05, 3.63) is 0 Å². The molecule has 1 saturated carbocycles. The molecule has 0 aromatic carbocycles. The highest BCUT2D eigenvalue weighted by Crippen LogP contribution is 2.25. The Bertz CT molecular complexity index is 195. The number of nitrogens with one attached hydrogen (secondary N) is 1. The lowest BCUT2D eigenvalue weighted by Crippen LogP contribution is -2.38. The number of hydrogen-bond acceptors (Lipinski definition) is 2. The summed E-state index contributed by atoms with van der Waals surface area (Å²) >= 11 is 0.